The van der Waals surface area contributed by atoms with Crippen LogP contribution in [0.1, 0.15) is 11.3 Å². The van der Waals surface area contributed by atoms with Crippen LogP contribution in [0.5, 0.6) is 0 Å². The Bertz CT molecular complexity index is 285. The van der Waals surface area contributed by atoms with Gasteiger partial charge in [0.05, 0.1) is 9.09 Å². The Kier molecular flexibility index (Phi) is 2.90. The molecule has 0 saturated carbocycles. The topological polar surface area (TPSA) is 17.8 Å². The van der Waals surface area contributed by atoms with Crippen LogP contribution in [0.4, 0.5) is 0 Å². The molecule has 1 heterocycles. The van der Waals surface area contributed by atoms with Gasteiger partial charge in [-0.3, -0.25) is 4.68 Å². The second-order valence-corrected chi connectivity index (χ2v) is 5.05. The van der Waals surface area contributed by atoms with E-state index >= 15 is 0 Å². The van der Waals surface area contributed by atoms with E-state index in [0.717, 1.165) is 14.6 Å². The van der Waals surface area contributed by atoms with Crippen molar-refractivity contribution in [3.05, 3.63) is 20.8 Å². The van der Waals surface area contributed by atoms with Gasteiger partial charge in [0.2, 0.25) is 0 Å². The number of aromatic nitrogens is 2. The molecular formula is C7H8Br2N2. The summed E-state index contributed by atoms with van der Waals surface area (Å²) in [6.45, 7) is 1.98. The Morgan fingerprint density at radius 2 is 2.27 bits per heavy atom. The fraction of sp³-hybridized carbons (Fsp3) is 0.286. The molecule has 0 radical (unpaired) electrons. The standard InChI is InChI=1S/C7H8Br2N2/c1-5-6(3-7(8)9)4-11(2)10-5/h3-4H,1-2H3. The van der Waals surface area contributed by atoms with Crippen molar-refractivity contribution in [1.82, 2.24) is 9.78 Å². The SMILES string of the molecule is Cc1nn(C)cc1C=C(Br)Br. The number of rotatable bonds is 1. The van der Waals surface area contributed by atoms with Crippen LogP contribution >= 0.6 is 31.9 Å². The molecular weight excluding hydrogens is 272 g/mol. The first-order chi connectivity index (χ1) is 5.09. The Morgan fingerprint density at radius 1 is 1.64 bits per heavy atom. The Labute approximate surface area is 82.5 Å². The van der Waals surface area contributed by atoms with Crippen molar-refractivity contribution in [2.75, 3.05) is 0 Å². The van der Waals surface area contributed by atoms with Gasteiger partial charge in [0, 0.05) is 18.8 Å². The predicted molar refractivity (Wildman–Crippen MR) is 53.8 cm³/mol. The summed E-state index contributed by atoms with van der Waals surface area (Å²) in [4.78, 5) is 0. The molecule has 0 aromatic carbocycles. The summed E-state index contributed by atoms with van der Waals surface area (Å²) >= 11 is 6.59. The van der Waals surface area contributed by atoms with Gasteiger partial charge in [0.25, 0.3) is 0 Å². The molecule has 0 saturated heterocycles. The molecule has 1 aromatic heterocycles. The summed E-state index contributed by atoms with van der Waals surface area (Å²) in [5, 5.41) is 4.19. The number of hydrogen-bond donors (Lipinski definition) is 0. The number of nitrogens with zero attached hydrogens (tertiary/aromatic N) is 2. The van der Waals surface area contributed by atoms with Gasteiger partial charge in [-0.1, -0.05) is 0 Å². The quantitative estimate of drug-likeness (QED) is 0.773. The zero-order valence-corrected chi connectivity index (χ0v) is 9.48. The normalized spacial score (nSPS) is 9.82. The highest BCUT2D eigenvalue weighted by molar-refractivity contribution is 9.28. The minimum absolute atomic E-state index is 0.932. The molecule has 0 N–H and O–H groups in total. The second kappa shape index (κ2) is 3.54. The number of hydrogen-bond acceptors (Lipinski definition) is 1. The van der Waals surface area contributed by atoms with Crippen molar-refractivity contribution in [1.29, 1.82) is 0 Å². The lowest BCUT2D eigenvalue weighted by Crippen LogP contribution is -1.86. The highest BCUT2D eigenvalue weighted by atomic mass is 79.9. The molecule has 0 spiro atoms. The van der Waals surface area contributed by atoms with Crippen LogP contribution < -0.4 is 0 Å². The summed E-state index contributed by atoms with van der Waals surface area (Å²) in [7, 11) is 1.91. The molecule has 0 amide bonds. The van der Waals surface area contributed by atoms with Crippen molar-refractivity contribution in [3.8, 4) is 0 Å². The first kappa shape index (κ1) is 9.00. The molecule has 2 nitrogen and oxygen atoms in total. The molecule has 60 valence electrons. The van der Waals surface area contributed by atoms with Crippen molar-refractivity contribution in [2.24, 2.45) is 7.05 Å². The molecule has 4 heteroatoms. The van der Waals surface area contributed by atoms with Crippen molar-refractivity contribution < 1.29 is 0 Å². The minimum Gasteiger partial charge on any atom is -0.275 e. The van der Waals surface area contributed by atoms with E-state index in [1.165, 1.54) is 0 Å². The zero-order valence-electron chi connectivity index (χ0n) is 6.31. The van der Waals surface area contributed by atoms with Crippen LogP contribution in [0.25, 0.3) is 6.08 Å². The fourth-order valence-electron chi connectivity index (χ4n) is 0.877. The Balaban J connectivity index is 3.04. The second-order valence-electron chi connectivity index (χ2n) is 2.28. The highest BCUT2D eigenvalue weighted by Crippen LogP contribution is 2.19. The van der Waals surface area contributed by atoms with Gasteiger partial charge < -0.3 is 0 Å². The van der Waals surface area contributed by atoms with E-state index in [0.29, 0.717) is 0 Å². The third-order valence-corrected chi connectivity index (χ3v) is 1.77. The lowest BCUT2D eigenvalue weighted by Gasteiger charge is -1.85. The summed E-state index contributed by atoms with van der Waals surface area (Å²) in [5.74, 6) is 0. The maximum atomic E-state index is 4.19. The van der Waals surface area contributed by atoms with Gasteiger partial charge in [-0.05, 0) is 44.9 Å². The van der Waals surface area contributed by atoms with Gasteiger partial charge in [-0.25, -0.2) is 0 Å². The van der Waals surface area contributed by atoms with Crippen molar-refractivity contribution >= 4 is 37.9 Å². The molecule has 0 aliphatic carbocycles. The van der Waals surface area contributed by atoms with Gasteiger partial charge in [0.1, 0.15) is 0 Å². The summed E-state index contributed by atoms with van der Waals surface area (Å²) in [5.41, 5.74) is 2.15. The monoisotopic (exact) mass is 278 g/mol. The molecule has 0 unspecified atom stereocenters. The van der Waals surface area contributed by atoms with E-state index < -0.39 is 0 Å². The highest BCUT2D eigenvalue weighted by Gasteiger charge is 1.98. The molecule has 0 atom stereocenters. The number of aryl methyl sites for hydroxylation is 2. The van der Waals surface area contributed by atoms with E-state index in [1.807, 2.05) is 26.2 Å². The summed E-state index contributed by atoms with van der Waals surface area (Å²) in [6.07, 6.45) is 3.94. The van der Waals surface area contributed by atoms with Gasteiger partial charge in [0.15, 0.2) is 0 Å². The molecule has 0 aliphatic heterocycles. The molecule has 1 aromatic rings. The first-order valence-corrected chi connectivity index (χ1v) is 4.71. The van der Waals surface area contributed by atoms with Crippen LogP contribution in [-0.4, -0.2) is 9.78 Å². The zero-order chi connectivity index (χ0) is 8.43. The summed E-state index contributed by atoms with van der Waals surface area (Å²) in [6, 6.07) is 0. The largest absolute Gasteiger partial charge is 0.275 e. The first-order valence-electron chi connectivity index (χ1n) is 3.12. The summed E-state index contributed by atoms with van der Waals surface area (Å²) < 4.78 is 2.73. The average molecular weight is 280 g/mol. The minimum atomic E-state index is 0.932. The lowest BCUT2D eigenvalue weighted by atomic mass is 10.3. The van der Waals surface area contributed by atoms with E-state index in [1.54, 1.807) is 4.68 Å². The van der Waals surface area contributed by atoms with Gasteiger partial charge in [-0.2, -0.15) is 5.10 Å². The molecule has 0 fully saturated rings. The molecule has 11 heavy (non-hydrogen) atoms. The van der Waals surface area contributed by atoms with E-state index in [9.17, 15) is 0 Å². The van der Waals surface area contributed by atoms with Crippen LogP contribution in [0.2, 0.25) is 0 Å². The maximum Gasteiger partial charge on any atom is 0.0666 e. The number of halogens is 2. The average Bonchev–Trinajstić information content (AvgIpc) is 2.09. The van der Waals surface area contributed by atoms with E-state index in [4.69, 9.17) is 0 Å². The van der Waals surface area contributed by atoms with Crippen LogP contribution in [0, 0.1) is 6.92 Å². The van der Waals surface area contributed by atoms with Gasteiger partial charge >= 0.3 is 0 Å². The van der Waals surface area contributed by atoms with Crippen LogP contribution in [0.3, 0.4) is 0 Å². The van der Waals surface area contributed by atoms with Crippen LogP contribution in [-0.2, 0) is 7.05 Å². The Morgan fingerprint density at radius 3 is 2.64 bits per heavy atom. The van der Waals surface area contributed by atoms with Crippen LogP contribution in [0.15, 0.2) is 9.59 Å². The van der Waals surface area contributed by atoms with Gasteiger partial charge in [-0.15, -0.1) is 0 Å². The van der Waals surface area contributed by atoms with Crippen molar-refractivity contribution in [3.63, 3.8) is 0 Å². The fourth-order valence-corrected chi connectivity index (χ4v) is 1.37. The van der Waals surface area contributed by atoms with E-state index in [-0.39, 0.29) is 0 Å². The molecule has 0 aliphatic rings. The lowest BCUT2D eigenvalue weighted by molar-refractivity contribution is 0.756. The predicted octanol–water partition coefficient (Wildman–Crippen LogP) is 2.82. The smallest absolute Gasteiger partial charge is 0.0666 e. The third-order valence-electron chi connectivity index (χ3n) is 1.32. The Hall–Kier alpha value is -0.0900. The van der Waals surface area contributed by atoms with Crippen molar-refractivity contribution in [2.45, 2.75) is 6.92 Å². The molecule has 1 rings (SSSR count). The maximum absolute atomic E-state index is 4.19. The van der Waals surface area contributed by atoms with E-state index in [2.05, 4.69) is 37.0 Å². The molecule has 0 bridgehead atoms. The third kappa shape index (κ3) is 2.45.